The van der Waals surface area contributed by atoms with E-state index in [1.807, 2.05) is 67.6 Å². The molecular formula is C44H58N4O9. The van der Waals surface area contributed by atoms with Crippen LogP contribution in [0.4, 0.5) is 5.82 Å². The largest absolute Gasteiger partial charge is 0.491 e. The van der Waals surface area contributed by atoms with E-state index in [0.717, 1.165) is 52.1 Å². The van der Waals surface area contributed by atoms with Crippen LogP contribution in [0.25, 0.3) is 21.9 Å². The zero-order valence-corrected chi connectivity index (χ0v) is 33.4. The summed E-state index contributed by atoms with van der Waals surface area (Å²) in [6.07, 6.45) is 3.25. The maximum atomic E-state index is 12.8. The number of aliphatic carboxylic acids is 1. The third kappa shape index (κ3) is 17.7. The molecule has 0 bridgehead atoms. The summed E-state index contributed by atoms with van der Waals surface area (Å²) in [6, 6.07) is 22.4. The molecule has 0 aliphatic heterocycles. The van der Waals surface area contributed by atoms with Crippen molar-refractivity contribution < 1.29 is 43.2 Å². The van der Waals surface area contributed by atoms with Crippen molar-refractivity contribution in [3.8, 4) is 16.9 Å². The molecule has 4 aromatic rings. The molecule has 0 saturated carbocycles. The number of fused-ring (bicyclic) bond motifs is 1. The number of aromatic nitrogens is 1. The van der Waals surface area contributed by atoms with Gasteiger partial charge in [-0.25, -0.2) is 4.98 Å². The highest BCUT2D eigenvalue weighted by Crippen LogP contribution is 2.29. The summed E-state index contributed by atoms with van der Waals surface area (Å²) in [6.45, 7) is 11.4. The number of anilines is 1. The molecule has 57 heavy (non-hydrogen) atoms. The first-order valence-electron chi connectivity index (χ1n) is 19.7. The fourth-order valence-electron chi connectivity index (χ4n) is 5.77. The van der Waals surface area contributed by atoms with Crippen LogP contribution in [0.1, 0.15) is 56.7 Å². The Morgan fingerprint density at radius 2 is 1.40 bits per heavy atom. The SMILES string of the molecule is Cc1ccnc(NCCCC(=O)NCC(=O)N[C@@H](CC(=O)O)c2cccc(-c3ccc4cc(OCCOCCOCCOCCOCCC(C)C)ccc4c3)c2)c1. The van der Waals surface area contributed by atoms with Crippen molar-refractivity contribution in [2.45, 2.75) is 52.5 Å². The molecule has 2 amide bonds. The number of amides is 2. The molecular weight excluding hydrogens is 729 g/mol. The van der Waals surface area contributed by atoms with E-state index in [9.17, 15) is 19.5 Å². The molecule has 0 aliphatic carbocycles. The van der Waals surface area contributed by atoms with Crippen LogP contribution in [0, 0.1) is 12.8 Å². The third-order valence-electron chi connectivity index (χ3n) is 8.85. The number of benzene rings is 3. The van der Waals surface area contributed by atoms with Crippen LogP contribution in [0.5, 0.6) is 5.75 Å². The van der Waals surface area contributed by atoms with Crippen LogP contribution >= 0.6 is 0 Å². The number of carboxylic acid groups (broad SMARTS) is 1. The first kappa shape index (κ1) is 44.6. The van der Waals surface area contributed by atoms with Gasteiger partial charge in [0.1, 0.15) is 18.2 Å². The van der Waals surface area contributed by atoms with Crippen LogP contribution in [0.2, 0.25) is 0 Å². The van der Waals surface area contributed by atoms with E-state index >= 15 is 0 Å². The zero-order valence-electron chi connectivity index (χ0n) is 33.4. The van der Waals surface area contributed by atoms with Crippen LogP contribution in [0.15, 0.2) is 79.0 Å². The van der Waals surface area contributed by atoms with Crippen molar-refractivity contribution in [2.24, 2.45) is 5.92 Å². The molecule has 0 spiro atoms. The maximum absolute atomic E-state index is 12.8. The average Bonchev–Trinajstić information content (AvgIpc) is 3.19. The monoisotopic (exact) mass is 786 g/mol. The summed E-state index contributed by atoms with van der Waals surface area (Å²) >= 11 is 0. The van der Waals surface area contributed by atoms with Gasteiger partial charge in [0.05, 0.1) is 65.3 Å². The second-order valence-electron chi connectivity index (χ2n) is 14.1. The second kappa shape index (κ2) is 25.2. The van der Waals surface area contributed by atoms with Gasteiger partial charge in [-0.3, -0.25) is 14.4 Å². The van der Waals surface area contributed by atoms with Crippen molar-refractivity contribution in [3.05, 3.63) is 90.1 Å². The van der Waals surface area contributed by atoms with Crippen LogP contribution in [0.3, 0.4) is 0 Å². The van der Waals surface area contributed by atoms with Gasteiger partial charge in [-0.2, -0.15) is 0 Å². The molecule has 3 aromatic carbocycles. The lowest BCUT2D eigenvalue weighted by Gasteiger charge is -2.19. The average molecular weight is 787 g/mol. The number of hydrogen-bond donors (Lipinski definition) is 4. The van der Waals surface area contributed by atoms with E-state index in [0.29, 0.717) is 77.3 Å². The standard InChI is InChI=1S/C44H58N4O9/c1-32(2)14-17-53-18-19-54-20-21-55-22-23-56-24-25-57-39-12-11-36-27-35(9-10-37(36)29-39)34-6-4-7-38(28-34)40(30-44(51)52)48-43(50)31-47-42(49)8-5-15-45-41-26-33(3)13-16-46-41/h4,6-7,9-13,16,26-29,32,40H,5,8,14-15,17-25,30-31H2,1-3H3,(H,45,46)(H,47,49)(H,48,50)(H,51,52)/t40-/m0/s1. The highest BCUT2D eigenvalue weighted by atomic mass is 16.6. The van der Waals surface area contributed by atoms with Crippen molar-refractivity contribution in [1.82, 2.24) is 15.6 Å². The van der Waals surface area contributed by atoms with Gasteiger partial charge in [-0.05, 0) is 95.1 Å². The highest BCUT2D eigenvalue weighted by molar-refractivity contribution is 5.89. The van der Waals surface area contributed by atoms with E-state index in [1.165, 1.54) is 0 Å². The van der Waals surface area contributed by atoms with Crippen molar-refractivity contribution >= 4 is 34.4 Å². The third-order valence-corrected chi connectivity index (χ3v) is 8.85. The predicted molar refractivity (Wildman–Crippen MR) is 220 cm³/mol. The molecule has 13 heteroatoms. The Balaban J connectivity index is 1.17. The van der Waals surface area contributed by atoms with Crippen molar-refractivity contribution in [1.29, 1.82) is 0 Å². The summed E-state index contributed by atoms with van der Waals surface area (Å²) < 4.78 is 28.1. The Morgan fingerprint density at radius 1 is 0.737 bits per heavy atom. The minimum absolute atomic E-state index is 0.228. The van der Waals surface area contributed by atoms with Gasteiger partial charge in [-0.1, -0.05) is 50.2 Å². The molecule has 1 aromatic heterocycles. The first-order valence-corrected chi connectivity index (χ1v) is 19.7. The number of aryl methyl sites for hydroxylation is 1. The van der Waals surface area contributed by atoms with Crippen molar-refractivity contribution in [2.75, 3.05) is 77.9 Å². The first-order chi connectivity index (χ1) is 27.7. The molecule has 308 valence electrons. The lowest BCUT2D eigenvalue weighted by atomic mass is 9.96. The number of carbonyl (C=O) groups excluding carboxylic acids is 2. The number of hydrogen-bond acceptors (Lipinski definition) is 10. The smallest absolute Gasteiger partial charge is 0.305 e. The number of carbonyl (C=O) groups is 3. The number of nitrogens with zero attached hydrogens (tertiary/aromatic N) is 1. The van der Waals surface area contributed by atoms with Gasteiger partial charge in [0.25, 0.3) is 0 Å². The van der Waals surface area contributed by atoms with Gasteiger partial charge in [0.15, 0.2) is 0 Å². The molecule has 0 fully saturated rings. The Hall–Kier alpha value is -5.08. The van der Waals surface area contributed by atoms with Gasteiger partial charge < -0.3 is 44.7 Å². The second-order valence-corrected chi connectivity index (χ2v) is 14.1. The topological polar surface area (TPSA) is 167 Å². The summed E-state index contributed by atoms with van der Waals surface area (Å²) in [5, 5.41) is 20.2. The Bertz CT molecular complexity index is 1840. The summed E-state index contributed by atoms with van der Waals surface area (Å²) in [5.41, 5.74) is 3.54. The summed E-state index contributed by atoms with van der Waals surface area (Å²) in [5.74, 6) is 0.322. The molecule has 1 atom stereocenters. The van der Waals surface area contributed by atoms with E-state index in [-0.39, 0.29) is 25.3 Å². The minimum Gasteiger partial charge on any atom is -0.491 e. The zero-order chi connectivity index (χ0) is 40.7. The van der Waals surface area contributed by atoms with Gasteiger partial charge in [-0.15, -0.1) is 0 Å². The van der Waals surface area contributed by atoms with E-state index in [2.05, 4.69) is 40.8 Å². The molecule has 0 unspecified atom stereocenters. The lowest BCUT2D eigenvalue weighted by molar-refractivity contribution is -0.138. The predicted octanol–water partition coefficient (Wildman–Crippen LogP) is 6.34. The maximum Gasteiger partial charge on any atom is 0.305 e. The molecule has 1 heterocycles. The summed E-state index contributed by atoms with van der Waals surface area (Å²) in [7, 11) is 0. The lowest BCUT2D eigenvalue weighted by Crippen LogP contribution is -2.39. The Labute approximate surface area is 335 Å². The quantitative estimate of drug-likeness (QED) is 0.0475. The summed E-state index contributed by atoms with van der Waals surface area (Å²) in [4.78, 5) is 41.2. The Morgan fingerprint density at radius 3 is 2.11 bits per heavy atom. The van der Waals surface area contributed by atoms with E-state index in [4.69, 9.17) is 23.7 Å². The number of pyridine rings is 1. The van der Waals surface area contributed by atoms with Crippen LogP contribution in [-0.2, 0) is 33.3 Å². The molecule has 0 radical (unpaired) electrons. The highest BCUT2D eigenvalue weighted by Gasteiger charge is 2.19. The number of nitrogens with one attached hydrogen (secondary N) is 3. The Kier molecular flexibility index (Phi) is 19.8. The van der Waals surface area contributed by atoms with E-state index in [1.54, 1.807) is 12.3 Å². The molecule has 0 saturated heterocycles. The number of ether oxygens (including phenoxy) is 5. The fourth-order valence-corrected chi connectivity index (χ4v) is 5.77. The van der Waals surface area contributed by atoms with Gasteiger partial charge >= 0.3 is 5.97 Å². The van der Waals surface area contributed by atoms with E-state index < -0.39 is 17.9 Å². The van der Waals surface area contributed by atoms with Crippen LogP contribution in [-0.4, -0.2) is 100 Å². The molecule has 0 aliphatic rings. The van der Waals surface area contributed by atoms with Crippen molar-refractivity contribution in [3.63, 3.8) is 0 Å². The number of rotatable bonds is 28. The van der Waals surface area contributed by atoms with Gasteiger partial charge in [0, 0.05) is 25.8 Å². The minimum atomic E-state index is -1.05. The van der Waals surface area contributed by atoms with Crippen LogP contribution < -0.4 is 20.7 Å². The normalized spacial score (nSPS) is 11.7. The molecule has 4 rings (SSSR count). The van der Waals surface area contributed by atoms with Gasteiger partial charge in [0.2, 0.25) is 11.8 Å². The number of carboxylic acids is 1. The fraction of sp³-hybridized carbons (Fsp3) is 0.455. The molecule has 13 nitrogen and oxygen atoms in total. The molecule has 4 N–H and O–H groups in total.